The molecule has 1 saturated heterocycles. The lowest BCUT2D eigenvalue weighted by Gasteiger charge is -2.33. The van der Waals surface area contributed by atoms with E-state index in [2.05, 4.69) is 19.2 Å². The van der Waals surface area contributed by atoms with Crippen molar-refractivity contribution >= 4 is 23.4 Å². The molecule has 1 atom stereocenters. The first kappa shape index (κ1) is 19.6. The standard InChI is InChI=1S/C19H27ClN2O3/c1-12(2)16-9-18(13(3)8-17(16)20)25-11-19(24)22-7-5-6-15(10-22)21-14(4)23/h8-9,12,15H,5-7,10-11H2,1-4H3,(H,21,23). The summed E-state index contributed by atoms with van der Waals surface area (Å²) >= 11 is 6.27. The highest BCUT2D eigenvalue weighted by Gasteiger charge is 2.24. The number of hydrogen-bond acceptors (Lipinski definition) is 3. The molecule has 1 fully saturated rings. The molecule has 0 saturated carbocycles. The number of piperidine rings is 1. The number of aryl methyl sites for hydroxylation is 1. The zero-order chi connectivity index (χ0) is 18.6. The maximum absolute atomic E-state index is 12.5. The van der Waals surface area contributed by atoms with Crippen molar-refractivity contribution in [3.05, 3.63) is 28.3 Å². The van der Waals surface area contributed by atoms with Crippen LogP contribution >= 0.6 is 11.6 Å². The number of hydrogen-bond donors (Lipinski definition) is 1. The fourth-order valence-electron chi connectivity index (χ4n) is 3.11. The molecule has 0 aliphatic carbocycles. The van der Waals surface area contributed by atoms with Crippen LogP contribution in [0.1, 0.15) is 50.7 Å². The lowest BCUT2D eigenvalue weighted by molar-refractivity contribution is -0.135. The predicted molar refractivity (Wildman–Crippen MR) is 99.2 cm³/mol. The van der Waals surface area contributed by atoms with Gasteiger partial charge >= 0.3 is 0 Å². The second-order valence-corrected chi connectivity index (χ2v) is 7.37. The molecular weight excluding hydrogens is 340 g/mol. The summed E-state index contributed by atoms with van der Waals surface area (Å²) in [5.41, 5.74) is 1.93. The third kappa shape index (κ3) is 5.36. The van der Waals surface area contributed by atoms with Gasteiger partial charge in [0.15, 0.2) is 6.61 Å². The van der Waals surface area contributed by atoms with Crippen LogP contribution in [-0.4, -0.2) is 42.5 Å². The van der Waals surface area contributed by atoms with E-state index in [-0.39, 0.29) is 30.4 Å². The zero-order valence-corrected chi connectivity index (χ0v) is 16.2. The van der Waals surface area contributed by atoms with E-state index in [0.29, 0.717) is 18.8 Å². The van der Waals surface area contributed by atoms with Crippen molar-refractivity contribution in [3.8, 4) is 5.75 Å². The van der Waals surface area contributed by atoms with Crippen molar-refractivity contribution in [2.24, 2.45) is 0 Å². The lowest BCUT2D eigenvalue weighted by Crippen LogP contribution is -2.50. The van der Waals surface area contributed by atoms with Crippen LogP contribution in [0.2, 0.25) is 5.02 Å². The van der Waals surface area contributed by atoms with Crippen molar-refractivity contribution in [2.45, 2.75) is 52.5 Å². The van der Waals surface area contributed by atoms with E-state index < -0.39 is 0 Å². The van der Waals surface area contributed by atoms with Gasteiger partial charge in [0, 0.05) is 31.1 Å². The number of nitrogens with zero attached hydrogens (tertiary/aromatic N) is 1. The monoisotopic (exact) mass is 366 g/mol. The van der Waals surface area contributed by atoms with Crippen LogP contribution in [0.25, 0.3) is 0 Å². The minimum atomic E-state index is -0.0615. The van der Waals surface area contributed by atoms with Crippen molar-refractivity contribution in [3.63, 3.8) is 0 Å². The molecule has 2 amide bonds. The molecule has 1 heterocycles. The molecule has 138 valence electrons. The Bertz CT molecular complexity index is 646. The first-order valence-corrected chi connectivity index (χ1v) is 9.13. The number of benzene rings is 1. The smallest absolute Gasteiger partial charge is 0.260 e. The third-order valence-corrected chi connectivity index (χ3v) is 4.78. The van der Waals surface area contributed by atoms with Crippen molar-refractivity contribution < 1.29 is 14.3 Å². The molecule has 25 heavy (non-hydrogen) atoms. The number of rotatable bonds is 5. The molecule has 0 bridgehead atoms. The van der Waals surface area contributed by atoms with Gasteiger partial charge < -0.3 is 15.0 Å². The summed E-state index contributed by atoms with van der Waals surface area (Å²) in [6.45, 7) is 8.80. The Labute approximate surface area is 154 Å². The van der Waals surface area contributed by atoms with E-state index in [1.54, 1.807) is 4.90 Å². The lowest BCUT2D eigenvalue weighted by atomic mass is 10.0. The first-order chi connectivity index (χ1) is 11.8. The summed E-state index contributed by atoms with van der Waals surface area (Å²) in [4.78, 5) is 25.4. The number of nitrogens with one attached hydrogen (secondary N) is 1. The van der Waals surface area contributed by atoms with Crippen LogP contribution in [0, 0.1) is 6.92 Å². The zero-order valence-electron chi connectivity index (χ0n) is 15.4. The molecule has 5 nitrogen and oxygen atoms in total. The number of ether oxygens (including phenoxy) is 1. The van der Waals surface area contributed by atoms with Crippen molar-refractivity contribution in [1.29, 1.82) is 0 Å². The molecule has 1 unspecified atom stereocenters. The summed E-state index contributed by atoms with van der Waals surface area (Å²) in [5.74, 6) is 0.854. The fraction of sp³-hybridized carbons (Fsp3) is 0.579. The summed E-state index contributed by atoms with van der Waals surface area (Å²) in [6, 6.07) is 3.83. The average molecular weight is 367 g/mol. The minimum absolute atomic E-state index is 0.00714. The Morgan fingerprint density at radius 1 is 1.40 bits per heavy atom. The Balaban J connectivity index is 1.97. The Kier molecular flexibility index (Phi) is 6.71. The molecule has 1 aliphatic heterocycles. The molecule has 1 N–H and O–H groups in total. The van der Waals surface area contributed by atoms with Crippen LogP contribution in [0.15, 0.2) is 12.1 Å². The quantitative estimate of drug-likeness (QED) is 0.870. The van der Waals surface area contributed by atoms with Crippen LogP contribution in [0.3, 0.4) is 0 Å². The molecule has 0 radical (unpaired) electrons. The van der Waals surface area contributed by atoms with Crippen LogP contribution in [-0.2, 0) is 9.59 Å². The third-order valence-electron chi connectivity index (χ3n) is 4.45. The Hall–Kier alpha value is -1.75. The number of halogens is 1. The summed E-state index contributed by atoms with van der Waals surface area (Å²) in [6.07, 6.45) is 1.78. The molecular formula is C19H27ClN2O3. The predicted octanol–water partition coefficient (Wildman–Crippen LogP) is 3.28. The van der Waals surface area contributed by atoms with Crippen molar-refractivity contribution in [1.82, 2.24) is 10.2 Å². The van der Waals surface area contributed by atoms with E-state index in [4.69, 9.17) is 16.3 Å². The number of carbonyl (C=O) groups excluding carboxylic acids is 2. The highest BCUT2D eigenvalue weighted by molar-refractivity contribution is 6.31. The SMILES string of the molecule is CC(=O)NC1CCCN(C(=O)COc2cc(C(C)C)c(Cl)cc2C)C1. The largest absolute Gasteiger partial charge is 0.483 e. The van der Waals surface area contributed by atoms with Gasteiger partial charge in [-0.1, -0.05) is 25.4 Å². The summed E-state index contributed by atoms with van der Waals surface area (Å²) < 4.78 is 5.78. The topological polar surface area (TPSA) is 58.6 Å². The van der Waals surface area contributed by atoms with Gasteiger partial charge in [-0.05, 0) is 48.9 Å². The summed E-state index contributed by atoms with van der Waals surface area (Å²) in [5, 5.41) is 3.61. The van der Waals surface area contributed by atoms with E-state index in [1.807, 2.05) is 19.1 Å². The second kappa shape index (κ2) is 8.56. The number of likely N-dealkylation sites (tertiary alicyclic amines) is 1. The molecule has 0 spiro atoms. The highest BCUT2D eigenvalue weighted by atomic mass is 35.5. The average Bonchev–Trinajstić information content (AvgIpc) is 2.53. The van der Waals surface area contributed by atoms with E-state index in [9.17, 15) is 9.59 Å². The fourth-order valence-corrected chi connectivity index (χ4v) is 3.54. The molecule has 1 aromatic rings. The minimum Gasteiger partial charge on any atom is -0.483 e. The Morgan fingerprint density at radius 2 is 2.12 bits per heavy atom. The maximum Gasteiger partial charge on any atom is 0.260 e. The van der Waals surface area contributed by atoms with Gasteiger partial charge in [0.2, 0.25) is 5.91 Å². The van der Waals surface area contributed by atoms with E-state index in [0.717, 1.165) is 29.0 Å². The van der Waals surface area contributed by atoms with Crippen LogP contribution in [0.5, 0.6) is 5.75 Å². The van der Waals surface area contributed by atoms with E-state index >= 15 is 0 Å². The molecule has 0 aromatic heterocycles. The molecule has 1 aromatic carbocycles. The number of amides is 2. The van der Waals surface area contributed by atoms with Gasteiger partial charge in [-0.2, -0.15) is 0 Å². The van der Waals surface area contributed by atoms with Gasteiger partial charge in [0.05, 0.1) is 0 Å². The maximum atomic E-state index is 12.5. The van der Waals surface area contributed by atoms with Gasteiger partial charge in [0.1, 0.15) is 5.75 Å². The van der Waals surface area contributed by atoms with Gasteiger partial charge in [-0.3, -0.25) is 9.59 Å². The van der Waals surface area contributed by atoms with Gasteiger partial charge in [-0.25, -0.2) is 0 Å². The van der Waals surface area contributed by atoms with Crippen molar-refractivity contribution in [2.75, 3.05) is 19.7 Å². The number of carbonyl (C=O) groups is 2. The normalized spacial score (nSPS) is 17.5. The molecule has 6 heteroatoms. The van der Waals surface area contributed by atoms with Crippen LogP contribution < -0.4 is 10.1 Å². The van der Waals surface area contributed by atoms with Gasteiger partial charge in [0.25, 0.3) is 5.91 Å². The first-order valence-electron chi connectivity index (χ1n) is 8.75. The molecule has 1 aliphatic rings. The molecule has 2 rings (SSSR count). The highest BCUT2D eigenvalue weighted by Crippen LogP contribution is 2.31. The Morgan fingerprint density at radius 3 is 2.76 bits per heavy atom. The second-order valence-electron chi connectivity index (χ2n) is 6.96. The van der Waals surface area contributed by atoms with Crippen LogP contribution in [0.4, 0.5) is 0 Å². The summed E-state index contributed by atoms with van der Waals surface area (Å²) in [7, 11) is 0. The van der Waals surface area contributed by atoms with Gasteiger partial charge in [-0.15, -0.1) is 0 Å². The van der Waals surface area contributed by atoms with E-state index in [1.165, 1.54) is 6.92 Å².